The van der Waals surface area contributed by atoms with E-state index in [-0.39, 0.29) is 12.2 Å². The molecule has 0 saturated carbocycles. The lowest BCUT2D eigenvalue weighted by Gasteiger charge is -2.21. The van der Waals surface area contributed by atoms with Gasteiger partial charge >= 0.3 is 0 Å². The monoisotopic (exact) mass is 344 g/mol. The summed E-state index contributed by atoms with van der Waals surface area (Å²) in [6, 6.07) is 18.8. The molecule has 1 unspecified atom stereocenters. The van der Waals surface area contributed by atoms with Gasteiger partial charge in [-0.15, -0.1) is 11.8 Å². The first-order valence-electron chi connectivity index (χ1n) is 8.60. The van der Waals surface area contributed by atoms with Gasteiger partial charge in [-0.2, -0.15) is 0 Å². The number of hydrogen-bond donors (Lipinski definition) is 0. The minimum atomic E-state index is 0.0694. The van der Waals surface area contributed by atoms with Crippen LogP contribution >= 0.6 is 11.8 Å². The summed E-state index contributed by atoms with van der Waals surface area (Å²) in [7, 11) is 0. The Kier molecular flexibility index (Phi) is 7.67. The number of hydrogen-bond acceptors (Lipinski definition) is 3. The second-order valence-electron chi connectivity index (χ2n) is 6.47. The molecule has 3 heteroatoms. The van der Waals surface area contributed by atoms with E-state index in [9.17, 15) is 0 Å². The third-order valence-electron chi connectivity index (χ3n) is 3.63. The molecule has 0 aliphatic rings. The molecule has 0 spiro atoms. The Bertz CT molecular complexity index is 579. The normalized spacial score (nSPS) is 12.6. The molecule has 0 fully saturated rings. The van der Waals surface area contributed by atoms with Crippen LogP contribution in [0.1, 0.15) is 39.2 Å². The Hall–Kier alpha value is -1.45. The van der Waals surface area contributed by atoms with Crippen LogP contribution in [0.2, 0.25) is 0 Å². The van der Waals surface area contributed by atoms with Gasteiger partial charge in [0.05, 0.1) is 6.10 Å². The largest absolute Gasteiger partial charge is 0.491 e. The van der Waals surface area contributed by atoms with Crippen molar-refractivity contribution < 1.29 is 9.47 Å². The fraction of sp³-hybridized carbons (Fsp3) is 0.429. The van der Waals surface area contributed by atoms with Crippen molar-refractivity contribution in [1.82, 2.24) is 0 Å². The number of benzene rings is 2. The molecule has 0 aromatic heterocycles. The van der Waals surface area contributed by atoms with E-state index < -0.39 is 0 Å². The summed E-state index contributed by atoms with van der Waals surface area (Å²) in [4.78, 5) is 1.26. The zero-order valence-electron chi connectivity index (χ0n) is 15.1. The molecule has 0 aliphatic heterocycles. The van der Waals surface area contributed by atoms with E-state index in [2.05, 4.69) is 64.1 Å². The molecule has 130 valence electrons. The van der Waals surface area contributed by atoms with E-state index in [1.165, 1.54) is 10.5 Å². The minimum Gasteiger partial charge on any atom is -0.491 e. The maximum Gasteiger partial charge on any atom is 0.119 e. The number of rotatable bonds is 9. The van der Waals surface area contributed by atoms with Gasteiger partial charge in [0.15, 0.2) is 0 Å². The highest BCUT2D eigenvalue weighted by Crippen LogP contribution is 2.22. The summed E-state index contributed by atoms with van der Waals surface area (Å²) >= 11 is 1.81. The molecule has 0 N–H and O–H groups in total. The number of thioether (sulfide) groups is 1. The van der Waals surface area contributed by atoms with Gasteiger partial charge in [-0.3, -0.25) is 0 Å². The van der Waals surface area contributed by atoms with Crippen LogP contribution in [0.25, 0.3) is 0 Å². The Labute approximate surface area is 150 Å². The van der Waals surface area contributed by atoms with Crippen LogP contribution in [0.3, 0.4) is 0 Å². The van der Waals surface area contributed by atoms with Crippen LogP contribution < -0.4 is 4.74 Å². The van der Waals surface area contributed by atoms with Gasteiger partial charge < -0.3 is 9.47 Å². The van der Waals surface area contributed by atoms with E-state index in [0.717, 1.165) is 11.5 Å². The van der Waals surface area contributed by atoms with Crippen molar-refractivity contribution >= 4 is 11.8 Å². The average molecular weight is 345 g/mol. The van der Waals surface area contributed by atoms with Gasteiger partial charge in [0, 0.05) is 10.6 Å². The molecule has 0 radical (unpaired) electrons. The topological polar surface area (TPSA) is 18.5 Å². The van der Waals surface area contributed by atoms with Crippen molar-refractivity contribution in [1.29, 1.82) is 0 Å². The number of ether oxygens (including phenoxy) is 2. The van der Waals surface area contributed by atoms with E-state index >= 15 is 0 Å². The van der Waals surface area contributed by atoms with Crippen LogP contribution in [0, 0.1) is 0 Å². The zero-order valence-corrected chi connectivity index (χ0v) is 15.9. The molecular formula is C21H28O2S. The maximum absolute atomic E-state index is 6.01. The molecule has 0 heterocycles. The molecule has 2 aromatic carbocycles. The predicted octanol–water partition coefficient (Wildman–Crippen LogP) is 5.77. The summed E-state index contributed by atoms with van der Waals surface area (Å²) in [6.07, 6.45) is 0.262. The van der Waals surface area contributed by atoms with Crippen molar-refractivity contribution in [3.05, 3.63) is 60.2 Å². The average Bonchev–Trinajstić information content (AvgIpc) is 2.58. The highest BCUT2D eigenvalue weighted by molar-refractivity contribution is 7.99. The summed E-state index contributed by atoms with van der Waals surface area (Å²) in [5.41, 5.74) is 1.33. The summed E-state index contributed by atoms with van der Waals surface area (Å²) < 4.78 is 12.0. The first-order valence-corrected chi connectivity index (χ1v) is 9.59. The lowest BCUT2D eigenvalue weighted by atomic mass is 10.0. The lowest BCUT2D eigenvalue weighted by molar-refractivity contribution is -0.00354. The minimum absolute atomic E-state index is 0.0694. The van der Waals surface area contributed by atoms with Crippen LogP contribution in [0.4, 0.5) is 0 Å². The van der Waals surface area contributed by atoms with E-state index in [1.54, 1.807) is 0 Å². The fourth-order valence-electron chi connectivity index (χ4n) is 2.36. The van der Waals surface area contributed by atoms with Crippen LogP contribution in [0.15, 0.2) is 59.5 Å². The molecule has 2 nitrogen and oxygen atoms in total. The van der Waals surface area contributed by atoms with Crippen molar-refractivity contribution in [2.75, 3.05) is 12.4 Å². The van der Waals surface area contributed by atoms with E-state index in [1.807, 2.05) is 30.0 Å². The molecule has 0 bridgehead atoms. The molecule has 0 aliphatic carbocycles. The molecular weight excluding hydrogens is 316 g/mol. The highest BCUT2D eigenvalue weighted by Gasteiger charge is 2.13. The van der Waals surface area contributed by atoms with Crippen LogP contribution in [-0.2, 0) is 4.74 Å². The van der Waals surface area contributed by atoms with Crippen molar-refractivity contribution in [2.45, 2.75) is 50.7 Å². The van der Waals surface area contributed by atoms with Gasteiger partial charge in [-0.1, -0.05) is 44.2 Å². The van der Waals surface area contributed by atoms with Gasteiger partial charge in [-0.05, 0) is 49.6 Å². The van der Waals surface area contributed by atoms with Crippen molar-refractivity contribution in [3.63, 3.8) is 0 Å². The second kappa shape index (κ2) is 9.75. The standard InChI is InChI=1S/C21H28O2S/c1-16(2)18-10-12-19(13-11-18)22-14-20(23-17(3)4)15-24-21-8-6-5-7-9-21/h5-13,16-17,20H,14-15H2,1-4H3. The summed E-state index contributed by atoms with van der Waals surface area (Å²) in [6.45, 7) is 9.10. The summed E-state index contributed by atoms with van der Waals surface area (Å²) in [5.74, 6) is 2.33. The molecule has 24 heavy (non-hydrogen) atoms. The zero-order chi connectivity index (χ0) is 17.4. The third-order valence-corrected chi connectivity index (χ3v) is 4.77. The molecule has 2 rings (SSSR count). The van der Waals surface area contributed by atoms with Gasteiger partial charge in [0.25, 0.3) is 0 Å². The van der Waals surface area contributed by atoms with Crippen LogP contribution in [0.5, 0.6) is 5.75 Å². The van der Waals surface area contributed by atoms with Crippen LogP contribution in [-0.4, -0.2) is 24.6 Å². The summed E-state index contributed by atoms with van der Waals surface area (Å²) in [5, 5.41) is 0. The smallest absolute Gasteiger partial charge is 0.119 e. The Morgan fingerprint density at radius 3 is 2.12 bits per heavy atom. The first kappa shape index (κ1) is 18.9. The fourth-order valence-corrected chi connectivity index (χ4v) is 3.26. The van der Waals surface area contributed by atoms with Crippen molar-refractivity contribution in [2.24, 2.45) is 0 Å². The van der Waals surface area contributed by atoms with E-state index in [4.69, 9.17) is 9.47 Å². The SMILES string of the molecule is CC(C)OC(COc1ccc(C(C)C)cc1)CSc1ccccc1. The van der Waals surface area contributed by atoms with Gasteiger partial charge in [-0.25, -0.2) is 0 Å². The second-order valence-corrected chi connectivity index (χ2v) is 7.56. The Balaban J connectivity index is 1.88. The van der Waals surface area contributed by atoms with Gasteiger partial charge in [0.2, 0.25) is 0 Å². The molecule has 0 amide bonds. The van der Waals surface area contributed by atoms with Gasteiger partial charge in [0.1, 0.15) is 18.5 Å². The molecule has 0 saturated heterocycles. The maximum atomic E-state index is 6.01. The molecule has 2 aromatic rings. The first-order chi connectivity index (χ1) is 11.5. The third kappa shape index (κ3) is 6.58. The quantitative estimate of drug-likeness (QED) is 0.538. The Morgan fingerprint density at radius 1 is 0.875 bits per heavy atom. The highest BCUT2D eigenvalue weighted by atomic mass is 32.2. The lowest BCUT2D eigenvalue weighted by Crippen LogP contribution is -2.27. The van der Waals surface area contributed by atoms with E-state index in [0.29, 0.717) is 12.5 Å². The predicted molar refractivity (Wildman–Crippen MR) is 103 cm³/mol. The van der Waals surface area contributed by atoms with Crippen molar-refractivity contribution in [3.8, 4) is 5.75 Å². The Morgan fingerprint density at radius 2 is 1.54 bits per heavy atom. The molecule has 1 atom stereocenters.